The summed E-state index contributed by atoms with van der Waals surface area (Å²) in [6, 6.07) is 14.5. The fourth-order valence-corrected chi connectivity index (χ4v) is 3.16. The molecule has 0 radical (unpaired) electrons. The van der Waals surface area contributed by atoms with Crippen molar-refractivity contribution in [3.63, 3.8) is 0 Å². The van der Waals surface area contributed by atoms with Crippen molar-refractivity contribution in [2.75, 3.05) is 6.54 Å². The molecule has 2 N–H and O–H groups in total. The van der Waals surface area contributed by atoms with Crippen molar-refractivity contribution in [2.45, 2.75) is 26.4 Å². The molecule has 0 aliphatic rings. The molecule has 0 aliphatic carbocycles. The van der Waals surface area contributed by atoms with E-state index in [1.54, 1.807) is 11.3 Å². The van der Waals surface area contributed by atoms with E-state index in [0.717, 1.165) is 30.6 Å². The van der Waals surface area contributed by atoms with E-state index in [1.807, 2.05) is 36.7 Å². The van der Waals surface area contributed by atoms with Crippen molar-refractivity contribution < 1.29 is 0 Å². The lowest BCUT2D eigenvalue weighted by Crippen LogP contribution is -2.38. The lowest BCUT2D eigenvalue weighted by molar-refractivity contribution is 0.713. The fraction of sp³-hybridized carbons (Fsp3) is 0.316. The molecule has 0 atom stereocenters. The molecule has 2 heterocycles. The first-order chi connectivity index (χ1) is 12.7. The molecule has 3 aromatic rings. The van der Waals surface area contributed by atoms with Crippen LogP contribution < -0.4 is 10.6 Å². The molecule has 0 amide bonds. The number of thiophene rings is 1. The van der Waals surface area contributed by atoms with Crippen LogP contribution in [0.1, 0.15) is 22.1 Å². The van der Waals surface area contributed by atoms with Crippen LogP contribution in [-0.4, -0.2) is 27.3 Å². The van der Waals surface area contributed by atoms with Crippen molar-refractivity contribution in [2.24, 2.45) is 12.0 Å². The largest absolute Gasteiger partial charge is 0.356 e. The minimum Gasteiger partial charge on any atom is -0.356 e. The first-order valence-corrected chi connectivity index (χ1v) is 9.53. The molecular formula is C19H25IN6S. The van der Waals surface area contributed by atoms with Crippen LogP contribution in [0.5, 0.6) is 0 Å². The molecule has 0 bridgehead atoms. The Kier molecular flexibility index (Phi) is 8.73. The fourth-order valence-electron chi connectivity index (χ4n) is 2.45. The number of aromatic nitrogens is 3. The van der Waals surface area contributed by atoms with E-state index in [-0.39, 0.29) is 24.0 Å². The van der Waals surface area contributed by atoms with Gasteiger partial charge in [0.25, 0.3) is 0 Å². The van der Waals surface area contributed by atoms with Gasteiger partial charge < -0.3 is 15.2 Å². The molecule has 27 heavy (non-hydrogen) atoms. The summed E-state index contributed by atoms with van der Waals surface area (Å²) in [6.07, 6.45) is 0.979. The van der Waals surface area contributed by atoms with Gasteiger partial charge in [-0.1, -0.05) is 36.4 Å². The molecule has 0 fully saturated rings. The SMILES string of the molecule is Cc1nnc(CNC(=NCc2ccccc2)NCCc2cccs2)n1C.I. The maximum absolute atomic E-state index is 4.70. The zero-order chi connectivity index (χ0) is 18.2. The molecule has 144 valence electrons. The zero-order valence-electron chi connectivity index (χ0n) is 15.6. The van der Waals surface area contributed by atoms with Crippen molar-refractivity contribution in [3.8, 4) is 0 Å². The quantitative estimate of drug-likeness (QED) is 0.300. The van der Waals surface area contributed by atoms with Gasteiger partial charge in [0.2, 0.25) is 0 Å². The third-order valence-electron chi connectivity index (χ3n) is 4.10. The number of benzene rings is 1. The zero-order valence-corrected chi connectivity index (χ0v) is 18.7. The second-order valence-corrected chi connectivity index (χ2v) is 7.01. The van der Waals surface area contributed by atoms with E-state index in [4.69, 9.17) is 4.99 Å². The number of nitrogens with zero attached hydrogens (tertiary/aromatic N) is 4. The van der Waals surface area contributed by atoms with Gasteiger partial charge in [-0.05, 0) is 30.4 Å². The number of rotatable bonds is 7. The Labute approximate surface area is 181 Å². The Morgan fingerprint density at radius 1 is 1.11 bits per heavy atom. The van der Waals surface area contributed by atoms with Crippen LogP contribution in [0.3, 0.4) is 0 Å². The Morgan fingerprint density at radius 3 is 2.59 bits per heavy atom. The van der Waals surface area contributed by atoms with Gasteiger partial charge in [-0.3, -0.25) is 0 Å². The van der Waals surface area contributed by atoms with Gasteiger partial charge in [-0.2, -0.15) is 0 Å². The normalized spacial score (nSPS) is 11.1. The minimum atomic E-state index is 0. The van der Waals surface area contributed by atoms with Crippen LogP contribution >= 0.6 is 35.3 Å². The lowest BCUT2D eigenvalue weighted by Gasteiger charge is -2.12. The predicted octanol–water partition coefficient (Wildman–Crippen LogP) is 3.28. The predicted molar refractivity (Wildman–Crippen MR) is 122 cm³/mol. The van der Waals surface area contributed by atoms with Crippen molar-refractivity contribution in [1.29, 1.82) is 0 Å². The number of halogens is 1. The summed E-state index contributed by atoms with van der Waals surface area (Å²) in [5, 5.41) is 17.2. The van der Waals surface area contributed by atoms with Gasteiger partial charge >= 0.3 is 0 Å². The summed E-state index contributed by atoms with van der Waals surface area (Å²) in [5.74, 6) is 2.57. The van der Waals surface area contributed by atoms with Gasteiger partial charge in [0.05, 0.1) is 13.1 Å². The van der Waals surface area contributed by atoms with Crippen LogP contribution in [0.2, 0.25) is 0 Å². The molecule has 0 spiro atoms. The lowest BCUT2D eigenvalue weighted by atomic mass is 10.2. The number of aliphatic imine (C=N–C) groups is 1. The Bertz CT molecular complexity index is 829. The smallest absolute Gasteiger partial charge is 0.191 e. The molecule has 6 nitrogen and oxygen atoms in total. The summed E-state index contributed by atoms with van der Waals surface area (Å²) < 4.78 is 1.98. The Morgan fingerprint density at radius 2 is 1.93 bits per heavy atom. The number of hydrogen-bond donors (Lipinski definition) is 2. The molecule has 1 aromatic carbocycles. The summed E-state index contributed by atoms with van der Waals surface area (Å²) in [6.45, 7) is 3.99. The monoisotopic (exact) mass is 496 g/mol. The standard InChI is InChI=1S/C19H24N6S.HI/c1-15-23-24-18(25(15)2)14-22-19(20-11-10-17-9-6-12-26-17)21-13-16-7-4-3-5-8-16;/h3-9,12H,10-11,13-14H2,1-2H3,(H2,20,21,22);1H. The van der Waals surface area contributed by atoms with Gasteiger partial charge in [-0.15, -0.1) is 45.5 Å². The van der Waals surface area contributed by atoms with E-state index >= 15 is 0 Å². The highest BCUT2D eigenvalue weighted by molar-refractivity contribution is 14.0. The Balaban J connectivity index is 0.00000261. The highest BCUT2D eigenvalue weighted by atomic mass is 127. The number of guanidine groups is 1. The molecule has 0 saturated heterocycles. The third kappa shape index (κ3) is 6.62. The molecule has 8 heteroatoms. The third-order valence-corrected chi connectivity index (χ3v) is 5.04. The summed E-state index contributed by atoms with van der Waals surface area (Å²) >= 11 is 1.78. The molecular weight excluding hydrogens is 471 g/mol. The molecule has 3 rings (SSSR count). The summed E-state index contributed by atoms with van der Waals surface area (Å²) in [7, 11) is 1.97. The first-order valence-electron chi connectivity index (χ1n) is 8.66. The van der Waals surface area contributed by atoms with Gasteiger partial charge in [0, 0.05) is 18.5 Å². The van der Waals surface area contributed by atoms with E-state index in [1.165, 1.54) is 10.4 Å². The molecule has 0 aliphatic heterocycles. The van der Waals surface area contributed by atoms with Crippen LogP contribution in [0.4, 0.5) is 0 Å². The maximum Gasteiger partial charge on any atom is 0.191 e. The number of hydrogen-bond acceptors (Lipinski definition) is 4. The number of nitrogens with one attached hydrogen (secondary N) is 2. The second-order valence-electron chi connectivity index (χ2n) is 5.98. The van der Waals surface area contributed by atoms with Crippen LogP contribution in [-0.2, 0) is 26.6 Å². The van der Waals surface area contributed by atoms with E-state index in [2.05, 4.69) is 50.5 Å². The van der Waals surface area contributed by atoms with E-state index < -0.39 is 0 Å². The topological polar surface area (TPSA) is 67.1 Å². The highest BCUT2D eigenvalue weighted by Gasteiger charge is 2.06. The number of aryl methyl sites for hydroxylation is 1. The van der Waals surface area contributed by atoms with Crippen molar-refractivity contribution in [1.82, 2.24) is 25.4 Å². The van der Waals surface area contributed by atoms with Crippen LogP contribution in [0.15, 0.2) is 52.8 Å². The van der Waals surface area contributed by atoms with Gasteiger partial charge in [0.15, 0.2) is 11.8 Å². The second kappa shape index (κ2) is 11.0. The average Bonchev–Trinajstić information content (AvgIpc) is 3.29. The maximum atomic E-state index is 4.70. The van der Waals surface area contributed by atoms with Crippen molar-refractivity contribution in [3.05, 3.63) is 69.9 Å². The minimum absolute atomic E-state index is 0. The van der Waals surface area contributed by atoms with Crippen molar-refractivity contribution >= 4 is 41.3 Å². The van der Waals surface area contributed by atoms with Gasteiger partial charge in [-0.25, -0.2) is 4.99 Å². The highest BCUT2D eigenvalue weighted by Crippen LogP contribution is 2.08. The van der Waals surface area contributed by atoms with E-state index in [0.29, 0.717) is 13.1 Å². The summed E-state index contributed by atoms with van der Waals surface area (Å²) in [4.78, 5) is 6.07. The van der Waals surface area contributed by atoms with Crippen LogP contribution in [0.25, 0.3) is 0 Å². The Hall–Kier alpha value is -1.94. The first kappa shape index (κ1) is 21.4. The van der Waals surface area contributed by atoms with Crippen LogP contribution in [0, 0.1) is 6.92 Å². The molecule has 0 saturated carbocycles. The average molecular weight is 496 g/mol. The van der Waals surface area contributed by atoms with Gasteiger partial charge in [0.1, 0.15) is 5.82 Å². The molecule has 0 unspecified atom stereocenters. The van der Waals surface area contributed by atoms with E-state index in [9.17, 15) is 0 Å². The summed E-state index contributed by atoms with van der Waals surface area (Å²) in [5.41, 5.74) is 1.18. The molecule has 2 aromatic heterocycles.